The molecule has 94 valence electrons. The van der Waals surface area contributed by atoms with E-state index in [9.17, 15) is 9.18 Å². The summed E-state index contributed by atoms with van der Waals surface area (Å²) in [6.45, 7) is 0.238. The molecule has 0 saturated carbocycles. The van der Waals surface area contributed by atoms with Crippen LogP contribution in [0.3, 0.4) is 0 Å². The molecule has 18 heavy (non-hydrogen) atoms. The van der Waals surface area contributed by atoms with Crippen molar-refractivity contribution in [3.63, 3.8) is 0 Å². The van der Waals surface area contributed by atoms with E-state index in [1.807, 2.05) is 0 Å². The Morgan fingerprint density at radius 1 is 1.39 bits per heavy atom. The average molecular weight is 352 g/mol. The third-order valence-corrected chi connectivity index (χ3v) is 3.80. The lowest BCUT2D eigenvalue weighted by Crippen LogP contribution is -2.21. The zero-order valence-corrected chi connectivity index (χ0v) is 11.9. The average Bonchev–Trinajstić information content (AvgIpc) is 2.34. The first-order valence-electron chi connectivity index (χ1n) is 4.83. The Bertz CT molecular complexity index is 660. The molecule has 0 N–H and O–H groups in total. The van der Waals surface area contributed by atoms with E-state index in [1.165, 1.54) is 23.0 Å². The van der Waals surface area contributed by atoms with E-state index in [0.717, 1.165) is 0 Å². The summed E-state index contributed by atoms with van der Waals surface area (Å²) in [5, 5.41) is 0.120. The summed E-state index contributed by atoms with van der Waals surface area (Å²) in [7, 11) is 0. The fraction of sp³-hybridized carbons (Fsp3) is 0.0909. The van der Waals surface area contributed by atoms with Crippen molar-refractivity contribution in [2.75, 3.05) is 0 Å². The predicted octanol–water partition coefficient (Wildman–Crippen LogP) is 3.50. The number of aromatic nitrogens is 2. The molecule has 0 amide bonds. The third kappa shape index (κ3) is 2.74. The van der Waals surface area contributed by atoms with Gasteiger partial charge in [-0.05, 0) is 33.6 Å². The Kier molecular flexibility index (Phi) is 4.04. The van der Waals surface area contributed by atoms with Gasteiger partial charge in [0.05, 0.1) is 17.9 Å². The highest BCUT2D eigenvalue weighted by Crippen LogP contribution is 2.17. The summed E-state index contributed by atoms with van der Waals surface area (Å²) < 4.78 is 14.5. The van der Waals surface area contributed by atoms with Crippen LogP contribution in [-0.2, 0) is 6.54 Å². The fourth-order valence-corrected chi connectivity index (χ4v) is 2.05. The van der Waals surface area contributed by atoms with Gasteiger partial charge in [-0.25, -0.2) is 9.37 Å². The van der Waals surface area contributed by atoms with E-state index in [4.69, 9.17) is 23.2 Å². The molecule has 7 heteroatoms. The van der Waals surface area contributed by atoms with Crippen molar-refractivity contribution in [2.45, 2.75) is 6.54 Å². The van der Waals surface area contributed by atoms with Crippen LogP contribution < -0.4 is 5.56 Å². The molecule has 0 fully saturated rings. The Balaban J connectivity index is 2.37. The van der Waals surface area contributed by atoms with Gasteiger partial charge < -0.3 is 0 Å². The quantitative estimate of drug-likeness (QED) is 0.776. The molecule has 0 radical (unpaired) electrons. The smallest absolute Gasteiger partial charge is 0.269 e. The largest absolute Gasteiger partial charge is 0.294 e. The molecule has 2 rings (SSSR count). The molecule has 0 aliphatic carbocycles. The number of rotatable bonds is 2. The number of nitrogens with zero attached hydrogens (tertiary/aromatic N) is 2. The van der Waals surface area contributed by atoms with Gasteiger partial charge in [0.25, 0.3) is 5.56 Å². The highest BCUT2D eigenvalue weighted by Gasteiger charge is 2.08. The Morgan fingerprint density at radius 3 is 2.78 bits per heavy atom. The van der Waals surface area contributed by atoms with Crippen LogP contribution in [0, 0.1) is 5.82 Å². The summed E-state index contributed by atoms with van der Waals surface area (Å²) in [4.78, 5) is 15.7. The molecular weight excluding hydrogens is 346 g/mol. The highest BCUT2D eigenvalue weighted by molar-refractivity contribution is 9.10. The van der Waals surface area contributed by atoms with Crippen molar-refractivity contribution in [3.05, 3.63) is 60.9 Å². The van der Waals surface area contributed by atoms with Gasteiger partial charge in [-0.15, -0.1) is 0 Å². The summed E-state index contributed by atoms with van der Waals surface area (Å²) in [6, 6.07) is 4.27. The Morgan fingerprint density at radius 2 is 2.11 bits per heavy atom. The summed E-state index contributed by atoms with van der Waals surface area (Å²) in [6.07, 6.45) is 1.33. The van der Waals surface area contributed by atoms with Crippen molar-refractivity contribution < 1.29 is 4.39 Å². The monoisotopic (exact) mass is 350 g/mol. The first kappa shape index (κ1) is 13.5. The third-order valence-electron chi connectivity index (χ3n) is 2.28. The number of halogens is 4. The summed E-state index contributed by atoms with van der Waals surface area (Å²) in [5.41, 5.74) is 0.384. The molecule has 0 bridgehead atoms. The first-order chi connectivity index (χ1) is 8.49. The fourth-order valence-electron chi connectivity index (χ4n) is 1.39. The van der Waals surface area contributed by atoms with Crippen molar-refractivity contribution in [1.29, 1.82) is 0 Å². The maximum Gasteiger partial charge on any atom is 0.269 e. The molecule has 0 saturated heterocycles. The second-order valence-electron chi connectivity index (χ2n) is 3.53. The molecule has 0 aliphatic heterocycles. The lowest BCUT2D eigenvalue weighted by Gasteiger charge is -2.07. The number of hydrogen-bond donors (Lipinski definition) is 0. The van der Waals surface area contributed by atoms with E-state index in [0.29, 0.717) is 5.56 Å². The molecule has 1 aromatic carbocycles. The van der Waals surface area contributed by atoms with Crippen LogP contribution >= 0.6 is 39.1 Å². The van der Waals surface area contributed by atoms with Crippen LogP contribution in [0.5, 0.6) is 0 Å². The van der Waals surface area contributed by atoms with Gasteiger partial charge >= 0.3 is 0 Å². The van der Waals surface area contributed by atoms with E-state index >= 15 is 0 Å². The topological polar surface area (TPSA) is 34.9 Å². The minimum atomic E-state index is -0.497. The van der Waals surface area contributed by atoms with Gasteiger partial charge in [-0.1, -0.05) is 29.3 Å². The molecule has 3 nitrogen and oxygen atoms in total. The zero-order valence-electron chi connectivity index (χ0n) is 8.83. The van der Waals surface area contributed by atoms with Crippen molar-refractivity contribution in [3.8, 4) is 0 Å². The predicted molar refractivity (Wildman–Crippen MR) is 71.7 cm³/mol. The maximum absolute atomic E-state index is 13.0. The van der Waals surface area contributed by atoms with Gasteiger partial charge in [-0.3, -0.25) is 9.36 Å². The van der Waals surface area contributed by atoms with E-state index in [-0.39, 0.29) is 26.8 Å². The van der Waals surface area contributed by atoms with E-state index in [1.54, 1.807) is 6.07 Å². The second kappa shape index (κ2) is 5.38. The Labute approximate surface area is 120 Å². The minimum absolute atomic E-state index is 0.0153. The Hall–Kier alpha value is -0.910. The van der Waals surface area contributed by atoms with Crippen LogP contribution in [0.2, 0.25) is 10.2 Å². The molecule has 1 heterocycles. The summed E-state index contributed by atoms with van der Waals surface area (Å²) in [5.74, 6) is -0.497. The molecule has 0 spiro atoms. The van der Waals surface area contributed by atoms with Gasteiger partial charge in [0.15, 0.2) is 5.15 Å². The SMILES string of the molecule is O=c1c(Br)c(Cl)ncn1Cc1ccc(F)c(Cl)c1. The normalized spacial score (nSPS) is 10.7. The second-order valence-corrected chi connectivity index (χ2v) is 5.09. The zero-order chi connectivity index (χ0) is 13.3. The van der Waals surface area contributed by atoms with Crippen LogP contribution in [0.4, 0.5) is 4.39 Å². The van der Waals surface area contributed by atoms with Crippen LogP contribution in [0.15, 0.2) is 33.8 Å². The van der Waals surface area contributed by atoms with Crippen molar-refractivity contribution >= 4 is 39.1 Å². The van der Waals surface area contributed by atoms with Crippen molar-refractivity contribution in [2.24, 2.45) is 0 Å². The minimum Gasteiger partial charge on any atom is -0.294 e. The van der Waals surface area contributed by atoms with Crippen LogP contribution in [-0.4, -0.2) is 9.55 Å². The lowest BCUT2D eigenvalue weighted by atomic mass is 10.2. The first-order valence-corrected chi connectivity index (χ1v) is 6.38. The van der Waals surface area contributed by atoms with Gasteiger partial charge in [0.1, 0.15) is 10.3 Å². The maximum atomic E-state index is 13.0. The lowest BCUT2D eigenvalue weighted by molar-refractivity contribution is 0.626. The van der Waals surface area contributed by atoms with Gasteiger partial charge in [0.2, 0.25) is 0 Å². The van der Waals surface area contributed by atoms with Gasteiger partial charge in [0, 0.05) is 0 Å². The van der Waals surface area contributed by atoms with E-state index in [2.05, 4.69) is 20.9 Å². The molecule has 2 aromatic rings. The standard InChI is InChI=1S/C11H6BrCl2FN2O/c12-9-10(14)16-5-17(11(9)18)4-6-1-2-8(15)7(13)3-6/h1-3,5H,4H2. The van der Waals surface area contributed by atoms with Crippen molar-refractivity contribution in [1.82, 2.24) is 9.55 Å². The van der Waals surface area contributed by atoms with Crippen LogP contribution in [0.1, 0.15) is 5.56 Å². The summed E-state index contributed by atoms with van der Waals surface area (Å²) >= 11 is 14.4. The molecule has 0 atom stereocenters. The molecule has 0 aliphatic rings. The number of hydrogen-bond acceptors (Lipinski definition) is 2. The highest BCUT2D eigenvalue weighted by atomic mass is 79.9. The van der Waals surface area contributed by atoms with Gasteiger partial charge in [-0.2, -0.15) is 0 Å². The van der Waals surface area contributed by atoms with E-state index < -0.39 is 5.82 Å². The van der Waals surface area contributed by atoms with Crippen LogP contribution in [0.25, 0.3) is 0 Å². The molecule has 1 aromatic heterocycles. The number of benzene rings is 1. The molecular formula is C11H6BrCl2FN2O. The molecule has 0 unspecified atom stereocenters.